The predicted molar refractivity (Wildman–Crippen MR) is 145 cm³/mol. The molecule has 0 saturated heterocycles. The maximum atomic E-state index is 11.3. The van der Waals surface area contributed by atoms with Crippen LogP contribution >= 0.6 is 0 Å². The van der Waals surface area contributed by atoms with E-state index in [1.165, 1.54) is 69.4 Å². The number of carbonyl (C=O) groups is 1. The number of hydrogen-bond acceptors (Lipinski definition) is 2. The van der Waals surface area contributed by atoms with E-state index in [1.807, 2.05) is 0 Å². The van der Waals surface area contributed by atoms with Crippen LogP contribution in [0.5, 0.6) is 0 Å². The minimum absolute atomic E-state index is 0.148. The highest BCUT2D eigenvalue weighted by atomic mass is 16.5. The molecule has 2 heteroatoms. The van der Waals surface area contributed by atoms with Gasteiger partial charge in [-0.05, 0) is 132 Å². The van der Waals surface area contributed by atoms with Gasteiger partial charge in [-0.3, -0.25) is 4.79 Å². The van der Waals surface area contributed by atoms with E-state index < -0.39 is 0 Å². The minimum Gasteiger partial charge on any atom is -0.466 e. The van der Waals surface area contributed by atoms with E-state index in [4.69, 9.17) is 4.74 Å². The fourth-order valence-electron chi connectivity index (χ4n) is 9.32. The molecule has 0 radical (unpaired) electrons. The Morgan fingerprint density at radius 1 is 1.03 bits per heavy atom. The zero-order chi connectivity index (χ0) is 25.3. The first-order valence-corrected chi connectivity index (χ1v) is 14.3. The summed E-state index contributed by atoms with van der Waals surface area (Å²) in [6.45, 7) is 21.7. The summed E-state index contributed by atoms with van der Waals surface area (Å²) in [5.41, 5.74) is 5.79. The first-order chi connectivity index (χ1) is 15.9. The van der Waals surface area contributed by atoms with E-state index in [0.717, 1.165) is 36.5 Å². The second-order valence-corrected chi connectivity index (χ2v) is 13.4. The van der Waals surface area contributed by atoms with Crippen LogP contribution in [0.1, 0.15) is 127 Å². The van der Waals surface area contributed by atoms with Gasteiger partial charge in [0, 0.05) is 6.92 Å². The lowest BCUT2D eigenvalue weighted by Gasteiger charge is -2.65. The van der Waals surface area contributed by atoms with Crippen LogP contribution in [0.15, 0.2) is 22.8 Å². The largest absolute Gasteiger partial charge is 0.466 e. The molecule has 194 valence electrons. The minimum atomic E-state index is -0.148. The van der Waals surface area contributed by atoms with E-state index >= 15 is 0 Å². The first kappa shape index (κ1) is 27.5. The van der Waals surface area contributed by atoms with Crippen LogP contribution in [0, 0.1) is 39.9 Å². The van der Waals surface area contributed by atoms with Crippen LogP contribution in [0.2, 0.25) is 0 Å². The summed E-state index contributed by atoms with van der Waals surface area (Å²) in [6, 6.07) is 0. The molecule has 0 aliphatic heterocycles. The second kappa shape index (κ2) is 10.5. The molecule has 3 aliphatic rings. The summed E-state index contributed by atoms with van der Waals surface area (Å²) in [6.07, 6.45) is 15.4. The summed E-state index contributed by atoms with van der Waals surface area (Å²) in [4.78, 5) is 11.3. The number of allylic oxidation sites excluding steroid dienone is 4. The number of hydrogen-bond donors (Lipinski definition) is 0. The number of fused-ring (bicyclic) bond motifs is 3. The molecule has 3 fully saturated rings. The molecule has 0 amide bonds. The zero-order valence-electron chi connectivity index (χ0n) is 24.0. The van der Waals surface area contributed by atoms with E-state index in [1.54, 1.807) is 5.57 Å². The Morgan fingerprint density at radius 3 is 2.35 bits per heavy atom. The van der Waals surface area contributed by atoms with Gasteiger partial charge in [0.25, 0.3) is 0 Å². The van der Waals surface area contributed by atoms with E-state index in [9.17, 15) is 4.79 Å². The molecule has 0 aromatic heterocycles. The van der Waals surface area contributed by atoms with Gasteiger partial charge < -0.3 is 4.74 Å². The van der Waals surface area contributed by atoms with Crippen molar-refractivity contribution in [3.8, 4) is 0 Å². The maximum Gasteiger partial charge on any atom is 0.302 e. The van der Waals surface area contributed by atoms with Crippen molar-refractivity contribution in [3.63, 3.8) is 0 Å². The van der Waals surface area contributed by atoms with Gasteiger partial charge in [0.2, 0.25) is 0 Å². The second-order valence-electron chi connectivity index (χ2n) is 13.4. The van der Waals surface area contributed by atoms with Crippen LogP contribution in [-0.4, -0.2) is 12.6 Å². The maximum absolute atomic E-state index is 11.3. The lowest BCUT2D eigenvalue weighted by molar-refractivity contribution is -0.144. The molecule has 0 heterocycles. The van der Waals surface area contributed by atoms with Gasteiger partial charge in [-0.2, -0.15) is 0 Å². The third-order valence-corrected chi connectivity index (χ3v) is 11.2. The van der Waals surface area contributed by atoms with Crippen molar-refractivity contribution in [1.82, 2.24) is 0 Å². The molecule has 0 spiro atoms. The first-order valence-electron chi connectivity index (χ1n) is 14.3. The number of esters is 1. The van der Waals surface area contributed by atoms with Crippen molar-refractivity contribution in [2.75, 3.05) is 6.61 Å². The van der Waals surface area contributed by atoms with Gasteiger partial charge in [-0.15, -0.1) is 0 Å². The Balaban J connectivity index is 1.84. The molecule has 0 aromatic rings. The van der Waals surface area contributed by atoms with Crippen LogP contribution in [0.3, 0.4) is 0 Å². The Hall–Kier alpha value is -1.05. The SMILES string of the molecule is CC(=O)OCCC[C@@]1(C)C(=C(C)C)CC[C@]2(C)[C@@H]1CC[C@@H]1[C@@H]([C@H](C)CCC=C(C)C)CC[C@]12C. The van der Waals surface area contributed by atoms with E-state index in [2.05, 4.69) is 61.5 Å². The average Bonchev–Trinajstić information content (AvgIpc) is 3.09. The monoisotopic (exact) mass is 470 g/mol. The van der Waals surface area contributed by atoms with Crippen molar-refractivity contribution in [1.29, 1.82) is 0 Å². The van der Waals surface area contributed by atoms with E-state index in [0.29, 0.717) is 17.4 Å². The fourth-order valence-corrected chi connectivity index (χ4v) is 9.32. The average molecular weight is 471 g/mol. The molecule has 3 rings (SSSR count). The Bertz CT molecular complexity index is 798. The molecule has 0 aromatic carbocycles. The third-order valence-electron chi connectivity index (χ3n) is 11.2. The van der Waals surface area contributed by atoms with E-state index in [-0.39, 0.29) is 11.4 Å². The summed E-state index contributed by atoms with van der Waals surface area (Å²) in [5.74, 6) is 3.19. The molecular formula is C32H54O2. The molecule has 2 nitrogen and oxygen atoms in total. The van der Waals surface area contributed by atoms with Gasteiger partial charge in [0.1, 0.15) is 0 Å². The summed E-state index contributed by atoms with van der Waals surface area (Å²) in [5, 5.41) is 0. The Kier molecular flexibility index (Phi) is 8.52. The Morgan fingerprint density at radius 2 is 1.74 bits per heavy atom. The third kappa shape index (κ3) is 4.94. The van der Waals surface area contributed by atoms with Crippen molar-refractivity contribution < 1.29 is 9.53 Å². The lowest BCUT2D eigenvalue weighted by atomic mass is 9.39. The molecule has 0 bridgehead atoms. The van der Waals surface area contributed by atoms with Crippen molar-refractivity contribution >= 4 is 5.97 Å². The highest BCUT2D eigenvalue weighted by Crippen LogP contribution is 2.73. The molecule has 3 aliphatic carbocycles. The number of carbonyl (C=O) groups excluding carboxylic acids is 1. The van der Waals surface area contributed by atoms with Crippen molar-refractivity contribution in [3.05, 3.63) is 22.8 Å². The standard InChI is InChI=1S/C32H54O2/c1-22(2)12-10-13-24(5)26-16-19-31(8)28(26)14-15-29-30(7,18-11-21-34-25(6)33)27(23(3)4)17-20-32(29,31)9/h12,24,26,28-29H,10-11,13-21H2,1-9H3/t24-,26-,28-,29-,30+,31-,32-/m1/s1. The topological polar surface area (TPSA) is 26.3 Å². The molecular weight excluding hydrogens is 416 g/mol. The highest BCUT2D eigenvalue weighted by molar-refractivity contribution is 5.65. The molecule has 34 heavy (non-hydrogen) atoms. The quantitative estimate of drug-likeness (QED) is 0.201. The van der Waals surface area contributed by atoms with Crippen molar-refractivity contribution in [2.24, 2.45) is 39.9 Å². The van der Waals surface area contributed by atoms with Crippen LogP contribution in [-0.2, 0) is 9.53 Å². The summed E-state index contributed by atoms with van der Waals surface area (Å²) >= 11 is 0. The number of rotatable bonds is 8. The van der Waals surface area contributed by atoms with Crippen LogP contribution in [0.4, 0.5) is 0 Å². The Labute approximate surface area is 211 Å². The van der Waals surface area contributed by atoms with Crippen molar-refractivity contribution in [2.45, 2.75) is 127 Å². The lowest BCUT2D eigenvalue weighted by Crippen LogP contribution is -2.57. The van der Waals surface area contributed by atoms with Gasteiger partial charge in [-0.1, -0.05) is 50.5 Å². The van der Waals surface area contributed by atoms with Crippen LogP contribution in [0.25, 0.3) is 0 Å². The normalized spacial score (nSPS) is 38.0. The molecule has 0 unspecified atom stereocenters. The smallest absolute Gasteiger partial charge is 0.302 e. The fraction of sp³-hybridized carbons (Fsp3) is 0.844. The highest BCUT2D eigenvalue weighted by Gasteiger charge is 2.65. The summed E-state index contributed by atoms with van der Waals surface area (Å²) in [7, 11) is 0. The van der Waals surface area contributed by atoms with Gasteiger partial charge in [0.05, 0.1) is 6.61 Å². The molecule has 7 atom stereocenters. The van der Waals surface area contributed by atoms with Gasteiger partial charge in [-0.25, -0.2) is 0 Å². The van der Waals surface area contributed by atoms with Gasteiger partial charge >= 0.3 is 5.97 Å². The molecule has 0 N–H and O–H groups in total. The summed E-state index contributed by atoms with van der Waals surface area (Å²) < 4.78 is 5.35. The van der Waals surface area contributed by atoms with Gasteiger partial charge in [0.15, 0.2) is 0 Å². The predicted octanol–water partition coefficient (Wildman–Crippen LogP) is 9.30. The molecule has 3 saturated carbocycles. The van der Waals surface area contributed by atoms with Crippen LogP contribution < -0.4 is 0 Å². The zero-order valence-corrected chi connectivity index (χ0v) is 24.0. The number of ether oxygens (including phenoxy) is 1.